The van der Waals surface area contributed by atoms with Crippen LogP contribution < -0.4 is 10.5 Å². The molecule has 2 aromatic heterocycles. The molecule has 0 amide bonds. The smallest absolute Gasteiger partial charge is 0.250 e. The molecule has 0 radical (unpaired) electrons. The van der Waals surface area contributed by atoms with Gasteiger partial charge in [-0.3, -0.25) is 9.69 Å². The number of aromatic nitrogens is 3. The Balaban J connectivity index is 1.82. The molecule has 0 saturated heterocycles. The van der Waals surface area contributed by atoms with E-state index in [0.717, 1.165) is 43.1 Å². The van der Waals surface area contributed by atoms with E-state index in [2.05, 4.69) is 14.9 Å². The maximum Gasteiger partial charge on any atom is 0.250 e. The van der Waals surface area contributed by atoms with E-state index >= 15 is 0 Å². The van der Waals surface area contributed by atoms with Gasteiger partial charge in [-0.05, 0) is 11.6 Å². The molecule has 116 valence electrons. The largest absolute Gasteiger partial charge is 0.362 e. The van der Waals surface area contributed by atoms with Crippen LogP contribution in [-0.4, -0.2) is 40.1 Å². The van der Waals surface area contributed by atoms with Crippen molar-refractivity contribution in [3.05, 3.63) is 51.8 Å². The molecule has 2 aromatic rings. The van der Waals surface area contributed by atoms with Gasteiger partial charge in [-0.1, -0.05) is 0 Å². The zero-order chi connectivity index (χ0) is 15.7. The summed E-state index contributed by atoms with van der Waals surface area (Å²) in [7, 11) is 5.77. The Morgan fingerprint density at radius 3 is 2.86 bits per heavy atom. The van der Waals surface area contributed by atoms with Crippen molar-refractivity contribution in [1.29, 1.82) is 0 Å². The first-order valence-corrected chi connectivity index (χ1v) is 7.42. The zero-order valence-corrected chi connectivity index (χ0v) is 13.3. The molecule has 0 fully saturated rings. The minimum atomic E-state index is 0.0345. The monoisotopic (exact) mass is 299 g/mol. The number of hydrogen-bond donors (Lipinski definition) is 0. The van der Waals surface area contributed by atoms with E-state index in [4.69, 9.17) is 0 Å². The molecule has 0 aliphatic carbocycles. The molecule has 6 nitrogen and oxygen atoms in total. The second-order valence-electron chi connectivity index (χ2n) is 5.96. The molecule has 1 aliphatic rings. The molecule has 0 saturated carbocycles. The minimum Gasteiger partial charge on any atom is -0.362 e. The summed E-state index contributed by atoms with van der Waals surface area (Å²) < 4.78 is 1.59. The normalized spacial score (nSPS) is 14.7. The van der Waals surface area contributed by atoms with Gasteiger partial charge in [0.1, 0.15) is 12.1 Å². The molecule has 0 atom stereocenters. The average molecular weight is 299 g/mol. The van der Waals surface area contributed by atoms with Crippen molar-refractivity contribution < 1.29 is 0 Å². The summed E-state index contributed by atoms with van der Waals surface area (Å²) in [6.07, 6.45) is 4.39. The summed E-state index contributed by atoms with van der Waals surface area (Å²) in [6, 6.07) is 3.72. The van der Waals surface area contributed by atoms with Crippen molar-refractivity contribution in [3.63, 3.8) is 0 Å². The first kappa shape index (κ1) is 14.7. The maximum atomic E-state index is 11.7. The maximum absolute atomic E-state index is 11.7. The van der Waals surface area contributed by atoms with Gasteiger partial charge < -0.3 is 9.47 Å². The molecule has 1 aliphatic heterocycles. The van der Waals surface area contributed by atoms with Crippen molar-refractivity contribution in [1.82, 2.24) is 19.4 Å². The van der Waals surface area contributed by atoms with Gasteiger partial charge in [0.15, 0.2) is 0 Å². The van der Waals surface area contributed by atoms with Crippen LogP contribution in [0.1, 0.15) is 16.8 Å². The highest BCUT2D eigenvalue weighted by Crippen LogP contribution is 2.25. The van der Waals surface area contributed by atoms with Crippen LogP contribution in [0.3, 0.4) is 0 Å². The predicted octanol–water partition coefficient (Wildman–Crippen LogP) is 0.800. The molecule has 3 rings (SSSR count). The highest BCUT2D eigenvalue weighted by atomic mass is 16.1. The Bertz CT molecular complexity index is 738. The van der Waals surface area contributed by atoms with Gasteiger partial charge in [0, 0.05) is 65.0 Å². The van der Waals surface area contributed by atoms with E-state index in [-0.39, 0.29) is 5.56 Å². The zero-order valence-electron chi connectivity index (χ0n) is 13.3. The number of aryl methyl sites for hydroxylation is 1. The molecule has 0 N–H and O–H groups in total. The van der Waals surface area contributed by atoms with Gasteiger partial charge in [-0.25, -0.2) is 9.97 Å². The molecular weight excluding hydrogens is 278 g/mol. The predicted molar refractivity (Wildman–Crippen MR) is 85.9 cm³/mol. The van der Waals surface area contributed by atoms with Crippen LogP contribution in [-0.2, 0) is 26.6 Å². The summed E-state index contributed by atoms with van der Waals surface area (Å²) in [5.41, 5.74) is 3.42. The van der Waals surface area contributed by atoms with Crippen molar-refractivity contribution in [2.45, 2.75) is 19.5 Å². The van der Waals surface area contributed by atoms with E-state index in [0.29, 0.717) is 0 Å². The lowest BCUT2D eigenvalue weighted by atomic mass is 10.1. The lowest BCUT2D eigenvalue weighted by Gasteiger charge is -2.30. The Morgan fingerprint density at radius 2 is 2.14 bits per heavy atom. The molecule has 3 heterocycles. The number of anilines is 1. The highest BCUT2D eigenvalue weighted by Gasteiger charge is 2.21. The summed E-state index contributed by atoms with van der Waals surface area (Å²) >= 11 is 0. The highest BCUT2D eigenvalue weighted by molar-refractivity contribution is 5.48. The van der Waals surface area contributed by atoms with Gasteiger partial charge >= 0.3 is 0 Å². The van der Waals surface area contributed by atoms with Crippen LogP contribution in [0.25, 0.3) is 0 Å². The Kier molecular flexibility index (Phi) is 3.94. The Hall–Kier alpha value is -2.21. The third-order valence-corrected chi connectivity index (χ3v) is 4.06. The molecule has 6 heteroatoms. The average Bonchev–Trinajstić information content (AvgIpc) is 2.50. The van der Waals surface area contributed by atoms with Crippen LogP contribution in [0.5, 0.6) is 0 Å². The lowest BCUT2D eigenvalue weighted by Crippen LogP contribution is -2.33. The van der Waals surface area contributed by atoms with Gasteiger partial charge in [0.2, 0.25) is 0 Å². The second-order valence-corrected chi connectivity index (χ2v) is 5.96. The van der Waals surface area contributed by atoms with E-state index in [9.17, 15) is 4.79 Å². The topological polar surface area (TPSA) is 54.3 Å². The number of fused-ring (bicyclic) bond motifs is 1. The summed E-state index contributed by atoms with van der Waals surface area (Å²) in [6.45, 7) is 2.54. The fraction of sp³-hybridized carbons (Fsp3) is 0.438. The van der Waals surface area contributed by atoms with Crippen molar-refractivity contribution in [3.8, 4) is 0 Å². The van der Waals surface area contributed by atoms with E-state index < -0.39 is 0 Å². The minimum absolute atomic E-state index is 0.0345. The fourth-order valence-corrected chi connectivity index (χ4v) is 2.85. The second kappa shape index (κ2) is 5.88. The Morgan fingerprint density at radius 1 is 1.32 bits per heavy atom. The van der Waals surface area contributed by atoms with Gasteiger partial charge in [0.05, 0.1) is 5.69 Å². The molecule has 0 spiro atoms. The summed E-state index contributed by atoms with van der Waals surface area (Å²) in [4.78, 5) is 24.9. The number of pyridine rings is 1. The molecular formula is C16H21N5O. The molecule has 0 aromatic carbocycles. The van der Waals surface area contributed by atoms with Crippen LogP contribution in [0.2, 0.25) is 0 Å². The van der Waals surface area contributed by atoms with Gasteiger partial charge in [-0.2, -0.15) is 0 Å². The number of rotatable bonds is 3. The van der Waals surface area contributed by atoms with Crippen LogP contribution in [0.15, 0.2) is 29.5 Å². The van der Waals surface area contributed by atoms with Gasteiger partial charge in [0.25, 0.3) is 5.56 Å². The third kappa shape index (κ3) is 2.87. The SMILES string of the molecule is CN(C)c1ncnc2c1CN(Cc1ccn(C)c(=O)c1)CC2. The van der Waals surface area contributed by atoms with Crippen LogP contribution in [0.4, 0.5) is 5.82 Å². The number of hydrogen-bond acceptors (Lipinski definition) is 5. The number of nitrogens with zero attached hydrogens (tertiary/aromatic N) is 5. The van der Waals surface area contributed by atoms with Crippen LogP contribution >= 0.6 is 0 Å². The first-order chi connectivity index (χ1) is 10.5. The van der Waals surface area contributed by atoms with Gasteiger partial charge in [-0.15, -0.1) is 0 Å². The molecule has 0 unspecified atom stereocenters. The van der Waals surface area contributed by atoms with Crippen molar-refractivity contribution >= 4 is 5.82 Å². The van der Waals surface area contributed by atoms with Crippen molar-refractivity contribution in [2.24, 2.45) is 7.05 Å². The standard InChI is InChI=1S/C16H21N5O/c1-19(2)16-13-10-21(7-5-14(13)17-11-18-16)9-12-4-6-20(3)15(22)8-12/h4,6,8,11H,5,7,9-10H2,1-3H3. The molecule has 22 heavy (non-hydrogen) atoms. The lowest BCUT2D eigenvalue weighted by molar-refractivity contribution is 0.243. The fourth-order valence-electron chi connectivity index (χ4n) is 2.85. The van der Waals surface area contributed by atoms with Crippen LogP contribution in [0, 0.1) is 0 Å². The summed E-state index contributed by atoms with van der Waals surface area (Å²) in [5.74, 6) is 0.985. The summed E-state index contributed by atoms with van der Waals surface area (Å²) in [5, 5.41) is 0. The Labute approximate surface area is 130 Å². The van der Waals surface area contributed by atoms with E-state index in [1.807, 2.05) is 31.3 Å². The van der Waals surface area contributed by atoms with E-state index in [1.165, 1.54) is 5.56 Å². The molecule has 0 bridgehead atoms. The van der Waals surface area contributed by atoms with E-state index in [1.54, 1.807) is 24.0 Å². The first-order valence-electron chi connectivity index (χ1n) is 7.42. The quantitative estimate of drug-likeness (QED) is 0.839. The van der Waals surface area contributed by atoms with Crippen molar-refractivity contribution in [2.75, 3.05) is 25.5 Å². The third-order valence-electron chi connectivity index (χ3n) is 4.06.